The predicted octanol–water partition coefficient (Wildman–Crippen LogP) is 3.12. The van der Waals surface area contributed by atoms with Crippen LogP contribution in [0, 0.1) is 0 Å². The number of nitrogens with zero attached hydrogens (tertiary/aromatic N) is 2. The third kappa shape index (κ3) is 2.71. The Balaban J connectivity index is 2.36. The molecule has 1 unspecified atom stereocenters. The Morgan fingerprint density at radius 3 is 2.67 bits per heavy atom. The van der Waals surface area contributed by atoms with Gasteiger partial charge < -0.3 is 10.1 Å². The minimum Gasteiger partial charge on any atom is -0.383 e. The van der Waals surface area contributed by atoms with Crippen LogP contribution >= 0.6 is 11.6 Å². The highest BCUT2D eigenvalue weighted by atomic mass is 35.5. The molecule has 0 fully saturated rings. The van der Waals surface area contributed by atoms with E-state index in [1.807, 2.05) is 24.3 Å². The molecule has 1 aromatic heterocycles. The Kier molecular flexibility index (Phi) is 4.33. The van der Waals surface area contributed by atoms with Crippen molar-refractivity contribution in [1.82, 2.24) is 10.2 Å². The number of halogens is 1. The number of aromatic nitrogens is 2. The molecule has 0 saturated carbocycles. The first-order chi connectivity index (χ1) is 8.76. The van der Waals surface area contributed by atoms with Crippen molar-refractivity contribution in [3.63, 3.8) is 0 Å². The Hall–Kier alpha value is -1.39. The molecule has 18 heavy (non-hydrogen) atoms. The summed E-state index contributed by atoms with van der Waals surface area (Å²) in [6.45, 7) is 2.73. The average molecular weight is 266 g/mol. The molecule has 5 heteroatoms. The van der Waals surface area contributed by atoms with Gasteiger partial charge in [-0.2, -0.15) is 0 Å². The third-order valence-electron chi connectivity index (χ3n) is 2.84. The van der Waals surface area contributed by atoms with Crippen molar-refractivity contribution in [2.45, 2.75) is 19.4 Å². The number of benzene rings is 1. The molecule has 4 nitrogen and oxygen atoms in total. The maximum Gasteiger partial charge on any atom is 0.159 e. The van der Waals surface area contributed by atoms with Gasteiger partial charge in [0.05, 0.1) is 12.6 Å². The summed E-state index contributed by atoms with van der Waals surface area (Å²) in [7, 11) is 1.69. The second kappa shape index (κ2) is 5.98. The first-order valence-corrected chi connectivity index (χ1v) is 6.30. The topological polar surface area (TPSA) is 47.0 Å². The average Bonchev–Trinajstić information content (AvgIpc) is 2.41. The number of nitrogens with one attached hydrogen (secondary N) is 1. The Labute approximate surface area is 111 Å². The van der Waals surface area contributed by atoms with Crippen LogP contribution in [0.3, 0.4) is 0 Å². The minimum absolute atomic E-state index is 0.217. The third-order valence-corrected chi connectivity index (χ3v) is 3.12. The highest BCUT2D eigenvalue weighted by Crippen LogP contribution is 2.26. The van der Waals surface area contributed by atoms with Crippen LogP contribution < -0.4 is 5.32 Å². The lowest BCUT2D eigenvalue weighted by molar-refractivity contribution is 0.184. The second-order valence-corrected chi connectivity index (χ2v) is 4.45. The Bertz CT molecular complexity index is 533. The van der Waals surface area contributed by atoms with Gasteiger partial charge in [0.25, 0.3) is 0 Å². The summed E-state index contributed by atoms with van der Waals surface area (Å²) in [5.41, 5.74) is 0. The summed E-state index contributed by atoms with van der Waals surface area (Å²) in [6.07, 6.45) is 0.951. The monoisotopic (exact) mass is 265 g/mol. The molecule has 1 aromatic carbocycles. The van der Waals surface area contributed by atoms with E-state index in [9.17, 15) is 0 Å². The van der Waals surface area contributed by atoms with Crippen LogP contribution in [0.5, 0.6) is 0 Å². The molecule has 0 aliphatic rings. The van der Waals surface area contributed by atoms with E-state index >= 15 is 0 Å². The Morgan fingerprint density at radius 2 is 2.00 bits per heavy atom. The number of anilines is 1. The molecule has 0 radical (unpaired) electrons. The molecule has 1 heterocycles. The normalized spacial score (nSPS) is 12.6. The fourth-order valence-electron chi connectivity index (χ4n) is 1.83. The van der Waals surface area contributed by atoms with E-state index in [1.54, 1.807) is 7.11 Å². The maximum absolute atomic E-state index is 6.03. The van der Waals surface area contributed by atoms with Gasteiger partial charge in [-0.05, 0) is 6.42 Å². The molecule has 2 aromatic rings. The molecule has 1 N–H and O–H groups in total. The van der Waals surface area contributed by atoms with Crippen LogP contribution in [-0.2, 0) is 4.74 Å². The van der Waals surface area contributed by atoms with Gasteiger partial charge in [-0.25, -0.2) is 0 Å². The summed E-state index contributed by atoms with van der Waals surface area (Å²) >= 11 is 6.03. The first-order valence-electron chi connectivity index (χ1n) is 5.92. The quantitative estimate of drug-likeness (QED) is 0.902. The summed E-state index contributed by atoms with van der Waals surface area (Å²) < 4.78 is 5.17. The van der Waals surface area contributed by atoms with E-state index in [4.69, 9.17) is 16.3 Å². The predicted molar refractivity (Wildman–Crippen MR) is 74.1 cm³/mol. The van der Waals surface area contributed by atoms with Crippen molar-refractivity contribution in [3.8, 4) is 0 Å². The highest BCUT2D eigenvalue weighted by Gasteiger charge is 2.11. The van der Waals surface area contributed by atoms with E-state index in [0.717, 1.165) is 23.0 Å². The van der Waals surface area contributed by atoms with Gasteiger partial charge in [0, 0.05) is 17.9 Å². The van der Waals surface area contributed by atoms with Crippen LogP contribution in [0.15, 0.2) is 24.3 Å². The molecule has 0 spiro atoms. The molecule has 96 valence electrons. The van der Waals surface area contributed by atoms with E-state index in [-0.39, 0.29) is 6.04 Å². The molecule has 0 saturated heterocycles. The van der Waals surface area contributed by atoms with Gasteiger partial charge in [0.2, 0.25) is 0 Å². The second-order valence-electron chi connectivity index (χ2n) is 4.09. The summed E-state index contributed by atoms with van der Waals surface area (Å²) in [4.78, 5) is 0. The van der Waals surface area contributed by atoms with Gasteiger partial charge in [-0.15, -0.1) is 10.2 Å². The summed E-state index contributed by atoms with van der Waals surface area (Å²) in [5.74, 6) is 0.749. The van der Waals surface area contributed by atoms with E-state index < -0.39 is 0 Å². The smallest absolute Gasteiger partial charge is 0.159 e. The highest BCUT2D eigenvalue weighted by molar-refractivity contribution is 6.34. The van der Waals surface area contributed by atoms with E-state index in [2.05, 4.69) is 22.4 Å². The van der Waals surface area contributed by atoms with Crippen LogP contribution in [0.2, 0.25) is 5.15 Å². The lowest BCUT2D eigenvalue weighted by Crippen LogP contribution is -2.24. The van der Waals surface area contributed by atoms with Crippen LogP contribution in [0.25, 0.3) is 10.8 Å². The SMILES string of the molecule is CCC(COC)Nc1nnc(Cl)c2ccccc12. The zero-order chi connectivity index (χ0) is 13.0. The van der Waals surface area contributed by atoms with Crippen LogP contribution in [0.1, 0.15) is 13.3 Å². The first kappa shape index (κ1) is 13.1. The molecule has 0 aliphatic carbocycles. The zero-order valence-corrected chi connectivity index (χ0v) is 11.2. The van der Waals surface area contributed by atoms with Crippen molar-refractivity contribution in [2.24, 2.45) is 0 Å². The molecular weight excluding hydrogens is 250 g/mol. The largest absolute Gasteiger partial charge is 0.383 e. The number of ether oxygens (including phenoxy) is 1. The standard InChI is InChI=1S/C13H16ClN3O/c1-3-9(8-18-2)15-13-11-7-5-4-6-10(11)12(14)16-17-13/h4-7,9H,3,8H2,1-2H3,(H,15,17). The molecule has 0 bridgehead atoms. The van der Waals surface area contributed by atoms with Crippen molar-refractivity contribution in [1.29, 1.82) is 0 Å². The number of fused-ring (bicyclic) bond motifs is 1. The lowest BCUT2D eigenvalue weighted by atomic mass is 10.1. The van der Waals surface area contributed by atoms with Gasteiger partial charge in [-0.1, -0.05) is 42.8 Å². The molecule has 0 aliphatic heterocycles. The van der Waals surface area contributed by atoms with Gasteiger partial charge in [-0.3, -0.25) is 0 Å². The zero-order valence-electron chi connectivity index (χ0n) is 10.5. The fourth-order valence-corrected chi connectivity index (χ4v) is 2.04. The molecular formula is C13H16ClN3O. The lowest BCUT2D eigenvalue weighted by Gasteiger charge is -2.17. The minimum atomic E-state index is 0.217. The van der Waals surface area contributed by atoms with Gasteiger partial charge in [0.15, 0.2) is 11.0 Å². The summed E-state index contributed by atoms with van der Waals surface area (Å²) in [5, 5.41) is 13.7. The van der Waals surface area contributed by atoms with Crippen molar-refractivity contribution >= 4 is 28.2 Å². The van der Waals surface area contributed by atoms with Crippen LogP contribution in [-0.4, -0.2) is 30.0 Å². The summed E-state index contributed by atoms with van der Waals surface area (Å²) in [6, 6.07) is 8.04. The number of hydrogen-bond donors (Lipinski definition) is 1. The Morgan fingerprint density at radius 1 is 1.28 bits per heavy atom. The number of rotatable bonds is 5. The molecule has 0 amide bonds. The van der Waals surface area contributed by atoms with Gasteiger partial charge >= 0.3 is 0 Å². The number of hydrogen-bond acceptors (Lipinski definition) is 4. The molecule has 1 atom stereocenters. The number of methoxy groups -OCH3 is 1. The molecule has 2 rings (SSSR count). The van der Waals surface area contributed by atoms with Crippen molar-refractivity contribution in [3.05, 3.63) is 29.4 Å². The van der Waals surface area contributed by atoms with Crippen molar-refractivity contribution in [2.75, 3.05) is 19.0 Å². The van der Waals surface area contributed by atoms with Crippen molar-refractivity contribution < 1.29 is 4.74 Å². The van der Waals surface area contributed by atoms with E-state index in [0.29, 0.717) is 11.8 Å². The maximum atomic E-state index is 6.03. The van der Waals surface area contributed by atoms with Gasteiger partial charge in [0.1, 0.15) is 0 Å². The fraction of sp³-hybridized carbons (Fsp3) is 0.385. The van der Waals surface area contributed by atoms with Crippen LogP contribution in [0.4, 0.5) is 5.82 Å². The van der Waals surface area contributed by atoms with E-state index in [1.165, 1.54) is 0 Å².